The minimum Gasteiger partial charge on any atom is -0.457 e. The second-order valence-electron chi connectivity index (χ2n) is 11.2. The van der Waals surface area contributed by atoms with E-state index in [1.54, 1.807) is 20.8 Å². The average Bonchev–Trinajstić information content (AvgIpc) is 3.11. The lowest BCUT2D eigenvalue weighted by Gasteiger charge is -2.34. The Bertz CT molecular complexity index is 1130. The number of rotatable bonds is 1. The van der Waals surface area contributed by atoms with Gasteiger partial charge in [-0.15, -0.1) is 0 Å². The molecule has 0 amide bonds. The van der Waals surface area contributed by atoms with Gasteiger partial charge < -0.3 is 19.5 Å². The molecule has 1 aromatic heterocycles. The SMILES string of the molecule is CC1=CCC(c2ccc3c(c2)nc(C)n3C)OC(=O)C[C@H](O)C(C)(C)C(=O)[C@H](C)[C@@H](O)[C@@H](C)CCC1. The summed E-state index contributed by atoms with van der Waals surface area (Å²) in [6.07, 6.45) is 2.28. The number of ketones is 1. The van der Waals surface area contributed by atoms with E-state index in [9.17, 15) is 19.8 Å². The zero-order valence-electron chi connectivity index (χ0n) is 22.7. The van der Waals surface area contributed by atoms with Crippen molar-refractivity contribution in [1.82, 2.24) is 9.55 Å². The summed E-state index contributed by atoms with van der Waals surface area (Å²) >= 11 is 0. The molecule has 1 aliphatic heterocycles. The summed E-state index contributed by atoms with van der Waals surface area (Å²) < 4.78 is 7.91. The van der Waals surface area contributed by atoms with Crippen LogP contribution in [-0.2, 0) is 21.4 Å². The highest BCUT2D eigenvalue weighted by Gasteiger charge is 2.42. The van der Waals surface area contributed by atoms with Gasteiger partial charge in [0.2, 0.25) is 0 Å². The normalized spacial score (nSPS) is 29.1. The molecular formula is C29H42N2O5. The van der Waals surface area contributed by atoms with Crippen LogP contribution in [0.4, 0.5) is 0 Å². The Morgan fingerprint density at radius 3 is 2.53 bits per heavy atom. The molecule has 0 bridgehead atoms. The van der Waals surface area contributed by atoms with E-state index in [4.69, 9.17) is 4.74 Å². The number of ether oxygens (including phenoxy) is 1. The number of hydrogen-bond acceptors (Lipinski definition) is 6. The van der Waals surface area contributed by atoms with Gasteiger partial charge >= 0.3 is 5.97 Å². The largest absolute Gasteiger partial charge is 0.457 e. The van der Waals surface area contributed by atoms with Gasteiger partial charge in [0.05, 0.1) is 35.1 Å². The van der Waals surface area contributed by atoms with Crippen molar-refractivity contribution >= 4 is 22.8 Å². The van der Waals surface area contributed by atoms with Gasteiger partial charge in [-0.05, 0) is 56.7 Å². The number of allylic oxidation sites excluding steroid dienone is 1. The first kappa shape index (κ1) is 28.1. The first-order chi connectivity index (χ1) is 16.8. The number of aliphatic hydroxyl groups excluding tert-OH is 2. The van der Waals surface area contributed by atoms with Gasteiger partial charge in [-0.3, -0.25) is 9.59 Å². The smallest absolute Gasteiger partial charge is 0.309 e. The Kier molecular flexibility index (Phi) is 8.78. The number of cyclic esters (lactones) is 1. The molecule has 0 aliphatic carbocycles. The number of aryl methyl sites for hydroxylation is 2. The molecule has 198 valence electrons. The molecule has 0 saturated heterocycles. The third-order valence-corrected chi connectivity index (χ3v) is 8.02. The Morgan fingerprint density at radius 1 is 1.14 bits per heavy atom. The molecule has 7 heteroatoms. The van der Waals surface area contributed by atoms with Crippen molar-refractivity contribution in [3.63, 3.8) is 0 Å². The zero-order chi connectivity index (χ0) is 26.8. The number of carbonyl (C=O) groups excluding carboxylic acids is 2. The van der Waals surface area contributed by atoms with Gasteiger partial charge in [-0.1, -0.05) is 45.4 Å². The molecular weight excluding hydrogens is 456 g/mol. The van der Waals surface area contributed by atoms with Gasteiger partial charge in [0, 0.05) is 19.4 Å². The van der Waals surface area contributed by atoms with Crippen LogP contribution in [0, 0.1) is 24.2 Å². The first-order valence-electron chi connectivity index (χ1n) is 13.0. The average molecular weight is 499 g/mol. The van der Waals surface area contributed by atoms with Crippen LogP contribution >= 0.6 is 0 Å². The molecule has 7 nitrogen and oxygen atoms in total. The molecule has 1 aromatic carbocycles. The summed E-state index contributed by atoms with van der Waals surface area (Å²) in [6, 6.07) is 5.90. The van der Waals surface area contributed by atoms with Gasteiger partial charge in [-0.25, -0.2) is 4.98 Å². The predicted octanol–water partition coefficient (Wildman–Crippen LogP) is 4.97. The van der Waals surface area contributed by atoms with Crippen LogP contribution in [0.2, 0.25) is 0 Å². The lowest BCUT2D eigenvalue weighted by molar-refractivity contribution is -0.155. The summed E-state index contributed by atoms with van der Waals surface area (Å²) in [6.45, 7) is 10.9. The van der Waals surface area contributed by atoms with Crippen molar-refractivity contribution < 1.29 is 24.5 Å². The molecule has 3 rings (SSSR count). The summed E-state index contributed by atoms with van der Waals surface area (Å²) in [5.74, 6) is -0.616. The Morgan fingerprint density at radius 2 is 1.83 bits per heavy atom. The van der Waals surface area contributed by atoms with Crippen LogP contribution in [0.1, 0.15) is 84.2 Å². The fraction of sp³-hybridized carbons (Fsp3) is 0.621. The summed E-state index contributed by atoms with van der Waals surface area (Å²) in [7, 11) is 1.97. The highest BCUT2D eigenvalue weighted by Crippen LogP contribution is 2.33. The summed E-state index contributed by atoms with van der Waals surface area (Å²) in [5.41, 5.74) is 2.67. The number of imidazole rings is 1. The lowest BCUT2D eigenvalue weighted by Crippen LogP contribution is -2.45. The lowest BCUT2D eigenvalue weighted by atomic mass is 9.73. The number of nitrogens with zero attached hydrogens (tertiary/aromatic N) is 2. The number of Topliss-reactive ketones (excluding diaryl/α,β-unsaturated/α-hetero) is 1. The summed E-state index contributed by atoms with van der Waals surface area (Å²) in [5, 5.41) is 21.7. The minimum absolute atomic E-state index is 0.0520. The standard InChI is InChI=1S/C29H42N2O5/c1-17-9-8-10-18(2)27(34)19(3)28(35)29(5,6)25(32)16-26(33)36-24(14-11-17)21-12-13-23-22(15-21)30-20(4)31(23)7/h11-13,15,18-19,24-25,27,32,34H,8-10,14,16H2,1-7H3/t18-,19+,24?,25-,27-/m0/s1. The molecule has 0 saturated carbocycles. The third kappa shape index (κ3) is 6.06. The number of aromatic nitrogens is 2. The highest BCUT2D eigenvalue weighted by molar-refractivity contribution is 5.88. The van der Waals surface area contributed by atoms with Gasteiger partial charge in [0.1, 0.15) is 17.7 Å². The van der Waals surface area contributed by atoms with Crippen molar-refractivity contribution in [3.8, 4) is 0 Å². The van der Waals surface area contributed by atoms with Gasteiger partial charge in [0.25, 0.3) is 0 Å². The van der Waals surface area contributed by atoms with E-state index >= 15 is 0 Å². The Balaban J connectivity index is 1.93. The van der Waals surface area contributed by atoms with E-state index in [1.165, 1.54) is 5.57 Å². The number of benzene rings is 1. The van der Waals surface area contributed by atoms with Gasteiger partial charge in [0.15, 0.2) is 0 Å². The maximum atomic E-state index is 13.2. The molecule has 2 aromatic rings. The van der Waals surface area contributed by atoms with Crippen LogP contribution in [0.3, 0.4) is 0 Å². The van der Waals surface area contributed by atoms with E-state index < -0.39 is 35.6 Å². The van der Waals surface area contributed by atoms with Crippen LogP contribution in [-0.4, -0.2) is 43.7 Å². The highest BCUT2D eigenvalue weighted by atomic mass is 16.5. The fourth-order valence-electron chi connectivity index (χ4n) is 5.09. The van der Waals surface area contributed by atoms with Crippen LogP contribution in [0.15, 0.2) is 29.8 Å². The van der Waals surface area contributed by atoms with E-state index in [1.807, 2.05) is 43.7 Å². The van der Waals surface area contributed by atoms with Gasteiger partial charge in [-0.2, -0.15) is 0 Å². The number of aliphatic hydroxyl groups is 2. The molecule has 0 radical (unpaired) electrons. The quantitative estimate of drug-likeness (QED) is 0.425. The Labute approximate surface area is 214 Å². The molecule has 36 heavy (non-hydrogen) atoms. The summed E-state index contributed by atoms with van der Waals surface area (Å²) in [4.78, 5) is 30.8. The van der Waals surface area contributed by atoms with Crippen LogP contribution in [0.5, 0.6) is 0 Å². The Hall–Kier alpha value is -2.51. The van der Waals surface area contributed by atoms with Crippen LogP contribution < -0.4 is 0 Å². The molecule has 0 fully saturated rings. The number of carbonyl (C=O) groups is 2. The van der Waals surface area contributed by atoms with Crippen molar-refractivity contribution in [2.75, 3.05) is 0 Å². The number of hydrogen-bond donors (Lipinski definition) is 2. The molecule has 1 aliphatic rings. The molecule has 0 spiro atoms. The van der Waals surface area contributed by atoms with Crippen LogP contribution in [0.25, 0.3) is 11.0 Å². The monoisotopic (exact) mass is 498 g/mol. The van der Waals surface area contributed by atoms with E-state index in [-0.39, 0.29) is 18.1 Å². The van der Waals surface area contributed by atoms with E-state index in [0.29, 0.717) is 6.42 Å². The zero-order valence-corrected chi connectivity index (χ0v) is 22.7. The second-order valence-corrected chi connectivity index (χ2v) is 11.2. The number of esters is 1. The molecule has 1 unspecified atom stereocenters. The fourth-order valence-corrected chi connectivity index (χ4v) is 5.09. The van der Waals surface area contributed by atoms with Crippen molar-refractivity contribution in [2.45, 2.75) is 92.0 Å². The van der Waals surface area contributed by atoms with Crippen molar-refractivity contribution in [1.29, 1.82) is 0 Å². The number of fused-ring (bicyclic) bond motifs is 1. The van der Waals surface area contributed by atoms with E-state index in [0.717, 1.165) is 41.7 Å². The maximum absolute atomic E-state index is 13.2. The minimum atomic E-state index is -1.23. The van der Waals surface area contributed by atoms with E-state index in [2.05, 4.69) is 18.0 Å². The molecule has 5 atom stereocenters. The maximum Gasteiger partial charge on any atom is 0.309 e. The third-order valence-electron chi connectivity index (χ3n) is 8.02. The second kappa shape index (κ2) is 11.3. The first-order valence-corrected chi connectivity index (χ1v) is 13.0. The topological polar surface area (TPSA) is 102 Å². The molecule has 2 heterocycles. The van der Waals surface area contributed by atoms with Crippen molar-refractivity contribution in [2.24, 2.45) is 24.3 Å². The molecule has 2 N–H and O–H groups in total. The predicted molar refractivity (Wildman–Crippen MR) is 140 cm³/mol. The van der Waals surface area contributed by atoms with Crippen molar-refractivity contribution in [3.05, 3.63) is 41.2 Å².